The second-order valence-corrected chi connectivity index (χ2v) is 10.4. The topological polar surface area (TPSA) is 60.8 Å². The summed E-state index contributed by atoms with van der Waals surface area (Å²) in [6, 6.07) is 30.5. The molecule has 5 nitrogen and oxygen atoms in total. The molecule has 182 valence electrons. The van der Waals surface area contributed by atoms with Gasteiger partial charge in [-0.3, -0.25) is 4.98 Å². The van der Waals surface area contributed by atoms with Crippen LogP contribution in [0.25, 0.3) is 45.4 Å². The summed E-state index contributed by atoms with van der Waals surface area (Å²) in [4.78, 5) is 19.2. The van der Waals surface area contributed by atoms with Gasteiger partial charge >= 0.3 is 0 Å². The van der Waals surface area contributed by atoms with Crippen molar-refractivity contribution in [3.8, 4) is 45.4 Å². The lowest BCUT2D eigenvalue weighted by Gasteiger charge is -2.24. The summed E-state index contributed by atoms with van der Waals surface area (Å²) >= 11 is 0. The predicted octanol–water partition coefficient (Wildman–Crippen LogP) is 7.44. The molecule has 1 aliphatic heterocycles. The lowest BCUT2D eigenvalue weighted by molar-refractivity contribution is -0.105. The molecule has 0 saturated carbocycles. The molecule has 2 aromatic heterocycles. The molecule has 0 aliphatic carbocycles. The maximum absolute atomic E-state index is 6.33. The zero-order valence-electron chi connectivity index (χ0n) is 21.4. The van der Waals surface area contributed by atoms with Gasteiger partial charge in [0.25, 0.3) is 0 Å². The van der Waals surface area contributed by atoms with Crippen LogP contribution in [0.5, 0.6) is 0 Å². The van der Waals surface area contributed by atoms with Crippen molar-refractivity contribution in [1.29, 1.82) is 0 Å². The Balaban J connectivity index is 1.40. The van der Waals surface area contributed by atoms with Gasteiger partial charge in [-0.2, -0.15) is 0 Å². The van der Waals surface area contributed by atoms with Crippen LogP contribution in [0.2, 0.25) is 0 Å². The highest BCUT2D eigenvalue weighted by molar-refractivity contribution is 5.68. The molecule has 5 heteroatoms. The van der Waals surface area contributed by atoms with Crippen molar-refractivity contribution in [2.45, 2.75) is 38.9 Å². The van der Waals surface area contributed by atoms with E-state index in [0.717, 1.165) is 27.9 Å². The Morgan fingerprint density at radius 3 is 1.57 bits per heavy atom. The molecular formula is C32H28N4O. The standard InChI is InChI=1S/C32H28N4O/c1-31(2)25-17-15-23(19-26(25)32(3,4)37-31)27-18-16-24(20-33-27)30-35-28(21-11-7-5-8-12-21)34-29(36-30)22-13-9-6-10-14-22/h5-20H,1-4H3. The van der Waals surface area contributed by atoms with E-state index < -0.39 is 0 Å². The van der Waals surface area contributed by atoms with Gasteiger partial charge in [0.15, 0.2) is 17.5 Å². The van der Waals surface area contributed by atoms with Crippen LogP contribution in [-0.4, -0.2) is 19.9 Å². The van der Waals surface area contributed by atoms with Gasteiger partial charge < -0.3 is 4.74 Å². The predicted molar refractivity (Wildman–Crippen MR) is 147 cm³/mol. The molecular weight excluding hydrogens is 456 g/mol. The number of pyridine rings is 1. The average Bonchev–Trinajstić information content (AvgIpc) is 3.12. The van der Waals surface area contributed by atoms with Crippen molar-refractivity contribution in [1.82, 2.24) is 19.9 Å². The highest BCUT2D eigenvalue weighted by atomic mass is 16.5. The van der Waals surface area contributed by atoms with Gasteiger partial charge in [0.1, 0.15) is 0 Å². The molecule has 6 rings (SSSR count). The first kappa shape index (κ1) is 23.2. The number of rotatable bonds is 4. The summed E-state index contributed by atoms with van der Waals surface area (Å²) in [7, 11) is 0. The van der Waals surface area contributed by atoms with Crippen LogP contribution in [0.3, 0.4) is 0 Å². The van der Waals surface area contributed by atoms with Crippen molar-refractivity contribution >= 4 is 0 Å². The monoisotopic (exact) mass is 484 g/mol. The van der Waals surface area contributed by atoms with E-state index in [9.17, 15) is 0 Å². The number of aromatic nitrogens is 4. The summed E-state index contributed by atoms with van der Waals surface area (Å²) < 4.78 is 6.33. The third-order valence-corrected chi connectivity index (χ3v) is 6.84. The fraction of sp³-hybridized carbons (Fsp3) is 0.188. The Morgan fingerprint density at radius 2 is 1.03 bits per heavy atom. The highest BCUT2D eigenvalue weighted by Gasteiger charge is 2.42. The zero-order chi connectivity index (χ0) is 25.6. The summed E-state index contributed by atoms with van der Waals surface area (Å²) in [5, 5.41) is 0. The Labute approximate surface area is 217 Å². The minimum atomic E-state index is -0.346. The minimum Gasteiger partial charge on any atom is -0.360 e. The Kier molecular flexibility index (Phi) is 5.46. The summed E-state index contributed by atoms with van der Waals surface area (Å²) in [5.74, 6) is 1.87. The first-order valence-corrected chi connectivity index (χ1v) is 12.5. The summed E-state index contributed by atoms with van der Waals surface area (Å²) in [5.41, 5.74) is 6.46. The van der Waals surface area contributed by atoms with Crippen LogP contribution < -0.4 is 0 Å². The van der Waals surface area contributed by atoms with Crippen molar-refractivity contribution in [2.24, 2.45) is 0 Å². The largest absolute Gasteiger partial charge is 0.360 e. The van der Waals surface area contributed by atoms with E-state index in [1.54, 1.807) is 0 Å². The maximum Gasteiger partial charge on any atom is 0.165 e. The molecule has 0 saturated heterocycles. The van der Waals surface area contributed by atoms with E-state index in [4.69, 9.17) is 24.7 Å². The van der Waals surface area contributed by atoms with Crippen LogP contribution in [-0.2, 0) is 15.9 Å². The highest BCUT2D eigenvalue weighted by Crippen LogP contribution is 2.47. The van der Waals surface area contributed by atoms with Crippen LogP contribution in [0.1, 0.15) is 38.8 Å². The average molecular weight is 485 g/mol. The number of nitrogens with zero attached hydrogens (tertiary/aromatic N) is 4. The number of benzene rings is 3. The number of hydrogen-bond donors (Lipinski definition) is 0. The molecule has 37 heavy (non-hydrogen) atoms. The van der Waals surface area contributed by atoms with E-state index in [0.29, 0.717) is 17.5 Å². The lowest BCUT2D eigenvalue weighted by atomic mass is 9.88. The van der Waals surface area contributed by atoms with Crippen molar-refractivity contribution in [2.75, 3.05) is 0 Å². The van der Waals surface area contributed by atoms with E-state index in [-0.39, 0.29) is 11.2 Å². The quantitative estimate of drug-likeness (QED) is 0.265. The van der Waals surface area contributed by atoms with Gasteiger partial charge in [-0.05, 0) is 57.0 Å². The molecule has 0 radical (unpaired) electrons. The third-order valence-electron chi connectivity index (χ3n) is 6.84. The molecule has 0 spiro atoms. The Hall–Kier alpha value is -4.22. The van der Waals surface area contributed by atoms with Crippen LogP contribution in [0.4, 0.5) is 0 Å². The van der Waals surface area contributed by atoms with E-state index >= 15 is 0 Å². The molecule has 0 bridgehead atoms. The number of ether oxygens (including phenoxy) is 1. The smallest absolute Gasteiger partial charge is 0.165 e. The Bertz CT molecular complexity index is 1520. The SMILES string of the molecule is CC1(C)OC(C)(C)c2cc(-c3ccc(-c4nc(-c5ccccc5)nc(-c5ccccc5)n4)cn3)ccc21. The Morgan fingerprint density at radius 1 is 0.514 bits per heavy atom. The second kappa shape index (κ2) is 8.71. The van der Waals surface area contributed by atoms with Crippen molar-refractivity contribution in [3.63, 3.8) is 0 Å². The summed E-state index contributed by atoms with van der Waals surface area (Å²) in [6.07, 6.45) is 1.84. The molecule has 0 fully saturated rings. The van der Waals surface area contributed by atoms with Crippen LogP contribution in [0.15, 0.2) is 97.2 Å². The van der Waals surface area contributed by atoms with Gasteiger partial charge in [-0.15, -0.1) is 0 Å². The van der Waals surface area contributed by atoms with Crippen molar-refractivity contribution in [3.05, 3.63) is 108 Å². The number of fused-ring (bicyclic) bond motifs is 1. The molecule has 5 aromatic rings. The van der Waals surface area contributed by atoms with Gasteiger partial charge in [-0.1, -0.05) is 72.8 Å². The van der Waals surface area contributed by atoms with Crippen LogP contribution in [0, 0.1) is 0 Å². The fourth-order valence-corrected chi connectivity index (χ4v) is 5.11. The lowest BCUT2D eigenvalue weighted by Crippen LogP contribution is -2.22. The van der Waals surface area contributed by atoms with Gasteiger partial charge in [0.05, 0.1) is 16.9 Å². The van der Waals surface area contributed by atoms with E-state index in [1.807, 2.05) is 79.0 Å². The molecule has 3 heterocycles. The minimum absolute atomic E-state index is 0.305. The van der Waals surface area contributed by atoms with Gasteiger partial charge in [0.2, 0.25) is 0 Å². The first-order valence-electron chi connectivity index (χ1n) is 12.5. The maximum atomic E-state index is 6.33. The summed E-state index contributed by atoms with van der Waals surface area (Å²) in [6.45, 7) is 8.48. The van der Waals surface area contributed by atoms with E-state index in [1.165, 1.54) is 11.1 Å². The fourth-order valence-electron chi connectivity index (χ4n) is 5.11. The van der Waals surface area contributed by atoms with Crippen molar-refractivity contribution < 1.29 is 4.74 Å². The van der Waals surface area contributed by atoms with Gasteiger partial charge in [0, 0.05) is 28.5 Å². The van der Waals surface area contributed by atoms with Crippen LogP contribution >= 0.6 is 0 Å². The molecule has 0 amide bonds. The molecule has 1 aliphatic rings. The van der Waals surface area contributed by atoms with E-state index in [2.05, 4.69) is 45.9 Å². The molecule has 0 unspecified atom stereocenters. The molecule has 0 atom stereocenters. The molecule has 0 N–H and O–H groups in total. The normalized spacial score (nSPS) is 15.4. The third kappa shape index (κ3) is 4.32. The molecule has 3 aromatic carbocycles. The first-order chi connectivity index (χ1) is 17.8. The number of hydrogen-bond acceptors (Lipinski definition) is 5. The zero-order valence-corrected chi connectivity index (χ0v) is 21.4. The second-order valence-electron chi connectivity index (χ2n) is 10.4. The van der Waals surface area contributed by atoms with Gasteiger partial charge in [-0.25, -0.2) is 15.0 Å².